The van der Waals surface area contributed by atoms with Gasteiger partial charge in [-0.3, -0.25) is 4.79 Å². The fraction of sp³-hybridized carbons (Fsp3) is 0.136. The van der Waals surface area contributed by atoms with Crippen LogP contribution in [0.3, 0.4) is 0 Å². The molecular weight excluding hydrogens is 355 g/mol. The Morgan fingerprint density at radius 1 is 1.04 bits per heavy atom. The zero-order valence-electron chi connectivity index (χ0n) is 15.0. The SMILES string of the molecule is Nc1nc(-c2ccccc2)c2cc3c(nn12)C[C@@H](c1ccc(F)cc1)CC3=O. The molecule has 2 aromatic heterocycles. The van der Waals surface area contributed by atoms with Crippen molar-refractivity contribution in [1.82, 2.24) is 14.6 Å². The molecule has 1 atom stereocenters. The highest BCUT2D eigenvalue weighted by molar-refractivity contribution is 6.00. The number of benzene rings is 2. The molecule has 0 unspecified atom stereocenters. The van der Waals surface area contributed by atoms with E-state index >= 15 is 0 Å². The molecule has 2 heterocycles. The highest BCUT2D eigenvalue weighted by Gasteiger charge is 2.29. The second kappa shape index (κ2) is 6.27. The smallest absolute Gasteiger partial charge is 0.222 e. The van der Waals surface area contributed by atoms with Gasteiger partial charge in [-0.1, -0.05) is 42.5 Å². The number of hydrogen-bond acceptors (Lipinski definition) is 4. The van der Waals surface area contributed by atoms with E-state index in [0.29, 0.717) is 29.8 Å². The Balaban J connectivity index is 1.61. The summed E-state index contributed by atoms with van der Waals surface area (Å²) in [6, 6.07) is 17.9. The van der Waals surface area contributed by atoms with Crippen LogP contribution in [-0.4, -0.2) is 20.4 Å². The largest absolute Gasteiger partial charge is 0.368 e. The van der Waals surface area contributed by atoms with E-state index in [1.54, 1.807) is 16.6 Å². The molecule has 2 aromatic carbocycles. The Bertz CT molecular complexity index is 1200. The number of halogens is 1. The van der Waals surface area contributed by atoms with Crippen LogP contribution in [0.15, 0.2) is 60.7 Å². The first-order chi connectivity index (χ1) is 13.6. The van der Waals surface area contributed by atoms with Gasteiger partial charge in [0.15, 0.2) is 5.78 Å². The Labute approximate surface area is 160 Å². The second-order valence-electron chi connectivity index (χ2n) is 7.07. The van der Waals surface area contributed by atoms with Crippen LogP contribution in [0.5, 0.6) is 0 Å². The molecule has 4 aromatic rings. The molecular formula is C22H17FN4O. The van der Waals surface area contributed by atoms with Gasteiger partial charge in [-0.05, 0) is 36.1 Å². The minimum absolute atomic E-state index is 0.0242. The van der Waals surface area contributed by atoms with Gasteiger partial charge in [-0.2, -0.15) is 9.61 Å². The number of rotatable bonds is 2. The van der Waals surface area contributed by atoms with Crippen molar-refractivity contribution in [1.29, 1.82) is 0 Å². The van der Waals surface area contributed by atoms with Crippen LogP contribution in [0.1, 0.15) is 34.0 Å². The van der Waals surface area contributed by atoms with Crippen LogP contribution in [0, 0.1) is 5.82 Å². The maximum atomic E-state index is 13.2. The van der Waals surface area contributed by atoms with Crippen LogP contribution >= 0.6 is 0 Å². The number of nitrogens with zero attached hydrogens (tertiary/aromatic N) is 3. The molecule has 28 heavy (non-hydrogen) atoms. The Morgan fingerprint density at radius 3 is 2.54 bits per heavy atom. The molecule has 0 saturated heterocycles. The number of carbonyl (C=O) groups is 1. The molecule has 0 amide bonds. The molecule has 0 fully saturated rings. The number of hydrogen-bond donors (Lipinski definition) is 1. The normalized spacial score (nSPS) is 16.3. The molecule has 138 valence electrons. The van der Waals surface area contributed by atoms with Crippen LogP contribution < -0.4 is 5.73 Å². The van der Waals surface area contributed by atoms with Gasteiger partial charge in [0.2, 0.25) is 5.95 Å². The summed E-state index contributed by atoms with van der Waals surface area (Å²) in [5.41, 5.74) is 10.7. The molecule has 0 bridgehead atoms. The Hall–Kier alpha value is -3.54. The maximum absolute atomic E-state index is 13.2. The van der Waals surface area contributed by atoms with Gasteiger partial charge in [0, 0.05) is 17.5 Å². The molecule has 0 aliphatic heterocycles. The monoisotopic (exact) mass is 372 g/mol. The third-order valence-corrected chi connectivity index (χ3v) is 5.29. The Kier molecular flexibility index (Phi) is 3.72. The molecule has 2 N–H and O–H groups in total. The van der Waals surface area contributed by atoms with E-state index in [1.807, 2.05) is 36.4 Å². The molecule has 1 aliphatic carbocycles. The minimum atomic E-state index is -0.286. The van der Waals surface area contributed by atoms with E-state index < -0.39 is 0 Å². The van der Waals surface area contributed by atoms with Gasteiger partial charge in [-0.15, -0.1) is 0 Å². The number of nitrogen functional groups attached to an aromatic ring is 1. The van der Waals surface area contributed by atoms with Gasteiger partial charge in [0.1, 0.15) is 11.5 Å². The summed E-state index contributed by atoms with van der Waals surface area (Å²) < 4.78 is 14.8. The standard InChI is InChI=1S/C22H17FN4O/c23-16-8-6-13(7-9-16)15-10-18-17(20(28)11-15)12-19-21(14-4-2-1-3-5-14)25-22(24)27(19)26-18/h1-9,12,15H,10-11H2,(H2,24,25)/t15-/m1/s1. The van der Waals surface area contributed by atoms with E-state index in [-0.39, 0.29) is 23.5 Å². The van der Waals surface area contributed by atoms with Crippen molar-refractivity contribution in [3.63, 3.8) is 0 Å². The van der Waals surface area contributed by atoms with E-state index in [1.165, 1.54) is 12.1 Å². The van der Waals surface area contributed by atoms with Crippen molar-refractivity contribution in [2.24, 2.45) is 0 Å². The van der Waals surface area contributed by atoms with Gasteiger partial charge >= 0.3 is 0 Å². The van der Waals surface area contributed by atoms with Crippen molar-refractivity contribution in [2.75, 3.05) is 5.73 Å². The van der Waals surface area contributed by atoms with E-state index in [4.69, 9.17) is 5.73 Å². The van der Waals surface area contributed by atoms with Crippen LogP contribution in [-0.2, 0) is 6.42 Å². The minimum Gasteiger partial charge on any atom is -0.368 e. The van der Waals surface area contributed by atoms with E-state index in [9.17, 15) is 9.18 Å². The number of imidazole rings is 1. The summed E-state index contributed by atoms with van der Waals surface area (Å²) in [7, 11) is 0. The third kappa shape index (κ3) is 2.65. The zero-order chi connectivity index (χ0) is 19.3. The van der Waals surface area contributed by atoms with Crippen molar-refractivity contribution >= 4 is 17.2 Å². The first kappa shape index (κ1) is 16.6. The lowest BCUT2D eigenvalue weighted by atomic mass is 9.82. The lowest BCUT2D eigenvalue weighted by Crippen LogP contribution is -2.21. The molecule has 5 rings (SSSR count). The molecule has 0 saturated carbocycles. The third-order valence-electron chi connectivity index (χ3n) is 5.29. The van der Waals surface area contributed by atoms with Gasteiger partial charge in [0.25, 0.3) is 0 Å². The number of anilines is 1. The van der Waals surface area contributed by atoms with Crippen LogP contribution in [0.2, 0.25) is 0 Å². The summed E-state index contributed by atoms with van der Waals surface area (Å²) in [6.07, 6.45) is 0.974. The van der Waals surface area contributed by atoms with Crippen molar-refractivity contribution in [3.05, 3.63) is 83.3 Å². The van der Waals surface area contributed by atoms with Crippen LogP contribution in [0.4, 0.5) is 10.3 Å². The average molecular weight is 372 g/mol. The number of aromatic nitrogens is 3. The quantitative estimate of drug-likeness (QED) is 0.577. The van der Waals surface area contributed by atoms with Crippen molar-refractivity contribution < 1.29 is 9.18 Å². The molecule has 0 radical (unpaired) electrons. The van der Waals surface area contributed by atoms with Gasteiger partial charge < -0.3 is 5.73 Å². The number of carbonyl (C=O) groups excluding carboxylic acids is 1. The van der Waals surface area contributed by atoms with Crippen molar-refractivity contribution in [3.8, 4) is 11.3 Å². The molecule has 6 heteroatoms. The second-order valence-corrected chi connectivity index (χ2v) is 7.07. The highest BCUT2D eigenvalue weighted by atomic mass is 19.1. The highest BCUT2D eigenvalue weighted by Crippen LogP contribution is 2.34. The van der Waals surface area contributed by atoms with Crippen molar-refractivity contribution in [2.45, 2.75) is 18.8 Å². The fourth-order valence-corrected chi connectivity index (χ4v) is 3.88. The molecule has 1 aliphatic rings. The maximum Gasteiger partial charge on any atom is 0.222 e. The topological polar surface area (TPSA) is 73.3 Å². The van der Waals surface area contributed by atoms with E-state index in [0.717, 1.165) is 16.6 Å². The van der Waals surface area contributed by atoms with Crippen LogP contribution in [0.25, 0.3) is 16.8 Å². The lowest BCUT2D eigenvalue weighted by Gasteiger charge is -2.23. The summed E-state index contributed by atoms with van der Waals surface area (Å²) in [5, 5.41) is 4.64. The van der Waals surface area contributed by atoms with Gasteiger partial charge in [0.05, 0.1) is 11.2 Å². The number of ketones is 1. The summed E-state index contributed by atoms with van der Waals surface area (Å²) in [4.78, 5) is 17.3. The average Bonchev–Trinajstić information content (AvgIpc) is 3.04. The predicted molar refractivity (Wildman–Crippen MR) is 105 cm³/mol. The summed E-state index contributed by atoms with van der Waals surface area (Å²) in [6.45, 7) is 0. The molecule has 0 spiro atoms. The zero-order valence-corrected chi connectivity index (χ0v) is 15.0. The fourth-order valence-electron chi connectivity index (χ4n) is 3.88. The lowest BCUT2D eigenvalue weighted by molar-refractivity contribution is 0.0963. The summed E-state index contributed by atoms with van der Waals surface area (Å²) in [5.74, 6) is 0.00649. The summed E-state index contributed by atoms with van der Waals surface area (Å²) >= 11 is 0. The number of nitrogens with two attached hydrogens (primary N) is 1. The number of Topliss-reactive ketones (excluding diaryl/α,β-unsaturated/α-hetero) is 1. The van der Waals surface area contributed by atoms with E-state index in [2.05, 4.69) is 10.1 Å². The molecule has 5 nitrogen and oxygen atoms in total. The predicted octanol–water partition coefficient (Wildman–Crippen LogP) is 4.03. The Morgan fingerprint density at radius 2 is 1.79 bits per heavy atom. The number of fused-ring (bicyclic) bond motifs is 2. The van der Waals surface area contributed by atoms with Gasteiger partial charge in [-0.25, -0.2) is 9.37 Å². The first-order valence-electron chi connectivity index (χ1n) is 9.12. The first-order valence-corrected chi connectivity index (χ1v) is 9.12.